The second-order valence-corrected chi connectivity index (χ2v) is 6.56. The molecule has 0 radical (unpaired) electrons. The minimum Gasteiger partial charge on any atom is -0.369 e. The number of piperazine rings is 1. The summed E-state index contributed by atoms with van der Waals surface area (Å²) in [5.74, 6) is 0. The predicted octanol–water partition coefficient (Wildman–Crippen LogP) is 2.56. The third-order valence-corrected chi connectivity index (χ3v) is 5.04. The minimum absolute atomic E-state index is 0.0825. The molecule has 2 N–H and O–H groups in total. The number of nitrogens with zero attached hydrogens (tertiary/aromatic N) is 2. The van der Waals surface area contributed by atoms with Gasteiger partial charge in [-0.25, -0.2) is 0 Å². The number of anilines is 1. The van der Waals surface area contributed by atoms with E-state index in [2.05, 4.69) is 41.1 Å². The van der Waals surface area contributed by atoms with Gasteiger partial charge in [-0.2, -0.15) is 0 Å². The van der Waals surface area contributed by atoms with E-state index in [1.807, 2.05) is 0 Å². The Morgan fingerprint density at radius 1 is 1.00 bits per heavy atom. The summed E-state index contributed by atoms with van der Waals surface area (Å²) < 4.78 is 0. The standard InChI is InChI=1S/C17H27N3/c1-19-10-12-20(13-11-19)16-7-5-6-15(14-16)17(18)8-3-2-4-9-17/h5-7,14H,2-4,8-13,18H2,1H3. The quantitative estimate of drug-likeness (QED) is 0.899. The van der Waals surface area contributed by atoms with Crippen LogP contribution in [0.2, 0.25) is 0 Å². The van der Waals surface area contributed by atoms with E-state index in [4.69, 9.17) is 5.73 Å². The number of hydrogen-bond acceptors (Lipinski definition) is 3. The van der Waals surface area contributed by atoms with Gasteiger partial charge in [0.1, 0.15) is 0 Å². The molecule has 1 aromatic rings. The van der Waals surface area contributed by atoms with E-state index in [1.54, 1.807) is 0 Å². The van der Waals surface area contributed by atoms with Crippen molar-refractivity contribution in [3.05, 3.63) is 29.8 Å². The molecule has 1 aliphatic heterocycles. The minimum atomic E-state index is -0.0825. The molecule has 2 fully saturated rings. The lowest BCUT2D eigenvalue weighted by molar-refractivity contribution is 0.301. The molecule has 0 unspecified atom stereocenters. The number of benzene rings is 1. The van der Waals surface area contributed by atoms with Crippen molar-refractivity contribution in [3.8, 4) is 0 Å². The van der Waals surface area contributed by atoms with Crippen LogP contribution in [0.5, 0.6) is 0 Å². The third-order valence-electron chi connectivity index (χ3n) is 5.04. The Morgan fingerprint density at radius 2 is 1.70 bits per heavy atom. The normalized spacial score (nSPS) is 23.8. The monoisotopic (exact) mass is 273 g/mol. The molecule has 3 rings (SSSR count). The number of nitrogens with two attached hydrogens (primary N) is 1. The topological polar surface area (TPSA) is 32.5 Å². The highest BCUT2D eigenvalue weighted by atomic mass is 15.2. The van der Waals surface area contributed by atoms with Crippen molar-refractivity contribution in [2.45, 2.75) is 37.6 Å². The van der Waals surface area contributed by atoms with Gasteiger partial charge in [0.2, 0.25) is 0 Å². The molecule has 0 bridgehead atoms. The Bertz CT molecular complexity index is 443. The highest BCUT2D eigenvalue weighted by molar-refractivity contribution is 5.50. The molecule has 1 saturated heterocycles. The van der Waals surface area contributed by atoms with Crippen molar-refractivity contribution < 1.29 is 0 Å². The summed E-state index contributed by atoms with van der Waals surface area (Å²) in [5.41, 5.74) is 9.29. The molecular formula is C17H27N3. The Balaban J connectivity index is 1.78. The van der Waals surface area contributed by atoms with Crippen LogP contribution in [0.1, 0.15) is 37.7 Å². The average Bonchev–Trinajstić information content (AvgIpc) is 2.49. The Hall–Kier alpha value is -1.06. The fraction of sp³-hybridized carbons (Fsp3) is 0.647. The Morgan fingerprint density at radius 3 is 2.40 bits per heavy atom. The van der Waals surface area contributed by atoms with E-state index in [9.17, 15) is 0 Å². The molecular weight excluding hydrogens is 246 g/mol. The number of rotatable bonds is 2. The van der Waals surface area contributed by atoms with Crippen LogP contribution in [0.3, 0.4) is 0 Å². The van der Waals surface area contributed by atoms with E-state index in [0.717, 1.165) is 39.0 Å². The molecule has 0 atom stereocenters. The van der Waals surface area contributed by atoms with Crippen LogP contribution >= 0.6 is 0 Å². The zero-order chi connectivity index (χ0) is 14.0. The second kappa shape index (κ2) is 5.74. The van der Waals surface area contributed by atoms with Gasteiger partial charge in [-0.1, -0.05) is 31.4 Å². The summed E-state index contributed by atoms with van der Waals surface area (Å²) in [4.78, 5) is 4.89. The van der Waals surface area contributed by atoms with Crippen molar-refractivity contribution >= 4 is 5.69 Å². The third kappa shape index (κ3) is 2.84. The molecule has 1 heterocycles. The van der Waals surface area contributed by atoms with Gasteiger partial charge < -0.3 is 15.5 Å². The summed E-state index contributed by atoms with van der Waals surface area (Å²) in [6.45, 7) is 4.55. The summed E-state index contributed by atoms with van der Waals surface area (Å²) in [5, 5.41) is 0. The fourth-order valence-corrected chi connectivity index (χ4v) is 3.55. The SMILES string of the molecule is CN1CCN(c2cccc(C3(N)CCCCC3)c2)CC1. The van der Waals surface area contributed by atoms with Crippen LogP contribution in [0.15, 0.2) is 24.3 Å². The van der Waals surface area contributed by atoms with Crippen LogP contribution in [0, 0.1) is 0 Å². The first kappa shape index (κ1) is 13.9. The van der Waals surface area contributed by atoms with E-state index >= 15 is 0 Å². The van der Waals surface area contributed by atoms with Crippen LogP contribution in [0.25, 0.3) is 0 Å². The molecule has 1 aromatic carbocycles. The maximum absolute atomic E-state index is 6.67. The molecule has 110 valence electrons. The summed E-state index contributed by atoms with van der Waals surface area (Å²) in [7, 11) is 2.20. The lowest BCUT2D eigenvalue weighted by atomic mass is 9.77. The highest BCUT2D eigenvalue weighted by Gasteiger charge is 2.29. The Kier molecular flexibility index (Phi) is 3.99. The molecule has 2 aliphatic rings. The molecule has 0 spiro atoms. The van der Waals surface area contributed by atoms with Gasteiger partial charge in [-0.05, 0) is 37.6 Å². The number of likely N-dealkylation sites (N-methyl/N-ethyl adjacent to an activating group) is 1. The molecule has 0 amide bonds. The van der Waals surface area contributed by atoms with Crippen LogP contribution in [0.4, 0.5) is 5.69 Å². The zero-order valence-corrected chi connectivity index (χ0v) is 12.6. The van der Waals surface area contributed by atoms with Crippen molar-refractivity contribution in [2.24, 2.45) is 5.73 Å². The van der Waals surface area contributed by atoms with Crippen molar-refractivity contribution in [3.63, 3.8) is 0 Å². The van der Waals surface area contributed by atoms with Crippen LogP contribution in [-0.4, -0.2) is 38.1 Å². The molecule has 1 aliphatic carbocycles. The zero-order valence-electron chi connectivity index (χ0n) is 12.6. The molecule has 0 aromatic heterocycles. The van der Waals surface area contributed by atoms with E-state index in [1.165, 1.54) is 30.5 Å². The van der Waals surface area contributed by atoms with Crippen molar-refractivity contribution in [2.75, 3.05) is 38.1 Å². The maximum atomic E-state index is 6.67. The first-order valence-corrected chi connectivity index (χ1v) is 8.00. The lowest BCUT2D eigenvalue weighted by Gasteiger charge is -2.37. The van der Waals surface area contributed by atoms with Crippen molar-refractivity contribution in [1.29, 1.82) is 0 Å². The predicted molar refractivity (Wildman–Crippen MR) is 85.1 cm³/mol. The first-order valence-electron chi connectivity index (χ1n) is 8.00. The second-order valence-electron chi connectivity index (χ2n) is 6.56. The molecule has 3 heteroatoms. The fourth-order valence-electron chi connectivity index (χ4n) is 3.55. The largest absolute Gasteiger partial charge is 0.369 e. The van der Waals surface area contributed by atoms with Crippen LogP contribution in [-0.2, 0) is 5.54 Å². The van der Waals surface area contributed by atoms with Gasteiger partial charge in [0.15, 0.2) is 0 Å². The summed E-state index contributed by atoms with van der Waals surface area (Å²) in [6.07, 6.45) is 6.17. The van der Waals surface area contributed by atoms with E-state index in [-0.39, 0.29) is 5.54 Å². The molecule has 1 saturated carbocycles. The van der Waals surface area contributed by atoms with Gasteiger partial charge in [0.25, 0.3) is 0 Å². The smallest absolute Gasteiger partial charge is 0.0410 e. The highest BCUT2D eigenvalue weighted by Crippen LogP contribution is 2.36. The van der Waals surface area contributed by atoms with Gasteiger partial charge in [0.05, 0.1) is 0 Å². The van der Waals surface area contributed by atoms with E-state index in [0.29, 0.717) is 0 Å². The Labute approximate surface area is 122 Å². The van der Waals surface area contributed by atoms with Gasteiger partial charge >= 0.3 is 0 Å². The maximum Gasteiger partial charge on any atom is 0.0410 e. The molecule has 3 nitrogen and oxygen atoms in total. The molecule has 20 heavy (non-hydrogen) atoms. The summed E-state index contributed by atoms with van der Waals surface area (Å²) >= 11 is 0. The van der Waals surface area contributed by atoms with Crippen molar-refractivity contribution in [1.82, 2.24) is 4.90 Å². The van der Waals surface area contributed by atoms with E-state index < -0.39 is 0 Å². The number of hydrogen-bond donors (Lipinski definition) is 1. The average molecular weight is 273 g/mol. The lowest BCUT2D eigenvalue weighted by Crippen LogP contribution is -2.44. The van der Waals surface area contributed by atoms with Gasteiger partial charge in [-0.15, -0.1) is 0 Å². The van der Waals surface area contributed by atoms with Crippen LogP contribution < -0.4 is 10.6 Å². The summed E-state index contributed by atoms with van der Waals surface area (Å²) in [6, 6.07) is 8.99. The van der Waals surface area contributed by atoms with Gasteiger partial charge in [0, 0.05) is 37.4 Å². The first-order chi connectivity index (χ1) is 9.67. The van der Waals surface area contributed by atoms with Gasteiger partial charge in [-0.3, -0.25) is 0 Å².